The van der Waals surface area contributed by atoms with Gasteiger partial charge in [0.2, 0.25) is 0 Å². The molecule has 6 heteroatoms. The molecule has 1 aromatic carbocycles. The molecule has 0 aromatic heterocycles. The van der Waals surface area contributed by atoms with Crippen LogP contribution in [0, 0.1) is 5.82 Å². The van der Waals surface area contributed by atoms with Crippen LogP contribution in [0.15, 0.2) is 18.2 Å². The van der Waals surface area contributed by atoms with Gasteiger partial charge in [-0.1, -0.05) is 18.5 Å². The summed E-state index contributed by atoms with van der Waals surface area (Å²) in [6, 6.07) is 3.92. The number of carbonyl (C=O) groups is 1. The molecule has 0 N–H and O–H groups in total. The molecule has 0 aliphatic heterocycles. The molecule has 0 bridgehead atoms. The number of hydrogen-bond donors (Lipinski definition) is 0. The zero-order valence-electron chi connectivity index (χ0n) is 10.1. The normalized spacial score (nSPS) is 14.0. The first kappa shape index (κ1) is 15.1. The predicted molar refractivity (Wildman–Crippen MR) is 69.4 cm³/mol. The number of rotatable bonds is 5. The van der Waals surface area contributed by atoms with E-state index in [1.165, 1.54) is 25.3 Å². The van der Waals surface area contributed by atoms with E-state index < -0.39 is 22.6 Å². The van der Waals surface area contributed by atoms with Crippen molar-refractivity contribution in [2.45, 2.75) is 24.3 Å². The molecule has 0 aliphatic carbocycles. The Morgan fingerprint density at radius 1 is 1.56 bits per heavy atom. The molecule has 100 valence electrons. The van der Waals surface area contributed by atoms with Gasteiger partial charge in [-0.05, 0) is 23.8 Å². The van der Waals surface area contributed by atoms with Crippen molar-refractivity contribution in [2.24, 2.45) is 0 Å². The quantitative estimate of drug-likeness (QED) is 0.784. The molecule has 2 atom stereocenters. The zero-order valence-corrected chi connectivity index (χ0v) is 11.7. The fraction of sp³-hybridized carbons (Fsp3) is 0.417. The smallest absolute Gasteiger partial charge is 0.306 e. The summed E-state index contributed by atoms with van der Waals surface area (Å²) in [5.41, 5.74) is 0.478. The largest absolute Gasteiger partial charge is 0.469 e. The minimum absolute atomic E-state index is 0.0655. The van der Waals surface area contributed by atoms with E-state index in [4.69, 9.17) is 11.6 Å². The summed E-state index contributed by atoms with van der Waals surface area (Å²) in [6.07, 6.45) is 0.0655. The molecule has 0 saturated carbocycles. The van der Waals surface area contributed by atoms with E-state index in [1.54, 1.807) is 6.92 Å². The lowest BCUT2D eigenvalue weighted by Gasteiger charge is -2.11. The standard InChI is InChI=1S/C12H14ClFO3S/c1-8(5-12(15)17-2)18(16)7-9-6-10(14)3-4-11(9)13/h3-4,6,8H,5,7H2,1-2H3. The maximum atomic E-state index is 13.0. The van der Waals surface area contributed by atoms with Crippen LogP contribution >= 0.6 is 11.6 Å². The molecular formula is C12H14ClFO3S. The lowest BCUT2D eigenvalue weighted by Crippen LogP contribution is -2.18. The molecule has 1 aromatic rings. The molecule has 0 saturated heterocycles. The van der Waals surface area contributed by atoms with Crippen LogP contribution in [-0.2, 0) is 26.1 Å². The van der Waals surface area contributed by atoms with Crippen LogP contribution in [-0.4, -0.2) is 22.5 Å². The first-order valence-corrected chi connectivity index (χ1v) is 7.08. The van der Waals surface area contributed by atoms with Gasteiger partial charge >= 0.3 is 5.97 Å². The van der Waals surface area contributed by atoms with E-state index in [-0.39, 0.29) is 17.4 Å². The third-order valence-corrected chi connectivity index (χ3v) is 4.46. The second kappa shape index (κ2) is 6.85. The molecule has 3 nitrogen and oxygen atoms in total. The molecule has 0 fully saturated rings. The van der Waals surface area contributed by atoms with Crippen molar-refractivity contribution in [1.82, 2.24) is 0 Å². The van der Waals surface area contributed by atoms with Crippen molar-refractivity contribution in [1.29, 1.82) is 0 Å². The highest BCUT2D eigenvalue weighted by Crippen LogP contribution is 2.20. The molecular weight excluding hydrogens is 279 g/mol. The minimum Gasteiger partial charge on any atom is -0.469 e. The van der Waals surface area contributed by atoms with Crippen molar-refractivity contribution in [2.75, 3.05) is 7.11 Å². The molecule has 1 rings (SSSR count). The molecule has 2 unspecified atom stereocenters. The SMILES string of the molecule is COC(=O)CC(C)S(=O)Cc1cc(F)ccc1Cl. The molecule has 0 radical (unpaired) electrons. The Morgan fingerprint density at radius 2 is 2.22 bits per heavy atom. The Hall–Kier alpha value is -0.940. The van der Waals surface area contributed by atoms with Crippen LogP contribution in [0.2, 0.25) is 5.02 Å². The second-order valence-corrected chi connectivity index (χ2v) is 6.11. The Labute approximate surface area is 113 Å². The van der Waals surface area contributed by atoms with Gasteiger partial charge in [-0.15, -0.1) is 0 Å². The molecule has 0 amide bonds. The van der Waals surface area contributed by atoms with Crippen molar-refractivity contribution in [3.05, 3.63) is 34.6 Å². The first-order chi connectivity index (χ1) is 8.43. The summed E-state index contributed by atoms with van der Waals surface area (Å²) < 4.78 is 29.5. The van der Waals surface area contributed by atoms with E-state index in [9.17, 15) is 13.4 Å². The van der Waals surface area contributed by atoms with Gasteiger partial charge in [0.25, 0.3) is 0 Å². The lowest BCUT2D eigenvalue weighted by atomic mass is 10.2. The highest BCUT2D eigenvalue weighted by Gasteiger charge is 2.17. The van der Waals surface area contributed by atoms with Gasteiger partial charge in [-0.3, -0.25) is 9.00 Å². The van der Waals surface area contributed by atoms with Gasteiger partial charge < -0.3 is 4.74 Å². The van der Waals surface area contributed by atoms with Crippen LogP contribution in [0.1, 0.15) is 18.9 Å². The number of benzene rings is 1. The van der Waals surface area contributed by atoms with Crippen LogP contribution in [0.3, 0.4) is 0 Å². The zero-order chi connectivity index (χ0) is 13.7. The predicted octanol–water partition coefficient (Wildman–Crippen LogP) is 2.68. The van der Waals surface area contributed by atoms with Crippen LogP contribution in [0.4, 0.5) is 4.39 Å². The summed E-state index contributed by atoms with van der Waals surface area (Å²) in [5.74, 6) is -0.720. The monoisotopic (exact) mass is 292 g/mol. The van der Waals surface area contributed by atoms with Gasteiger partial charge in [0.05, 0.1) is 19.3 Å². The number of halogens is 2. The maximum absolute atomic E-state index is 13.0. The van der Waals surface area contributed by atoms with Crippen molar-refractivity contribution < 1.29 is 18.1 Å². The van der Waals surface area contributed by atoms with Crippen molar-refractivity contribution >= 4 is 28.4 Å². The van der Waals surface area contributed by atoms with Gasteiger partial charge in [-0.2, -0.15) is 0 Å². The average molecular weight is 293 g/mol. The van der Waals surface area contributed by atoms with E-state index >= 15 is 0 Å². The highest BCUT2D eigenvalue weighted by molar-refractivity contribution is 7.84. The van der Waals surface area contributed by atoms with Crippen molar-refractivity contribution in [3.63, 3.8) is 0 Å². The molecule has 0 aliphatic rings. The molecule has 0 spiro atoms. The number of methoxy groups -OCH3 is 1. The van der Waals surface area contributed by atoms with E-state index in [1.807, 2.05) is 0 Å². The number of esters is 1. The lowest BCUT2D eigenvalue weighted by molar-refractivity contribution is -0.140. The van der Waals surface area contributed by atoms with Gasteiger partial charge in [0, 0.05) is 21.1 Å². The van der Waals surface area contributed by atoms with Crippen LogP contribution in [0.25, 0.3) is 0 Å². The average Bonchev–Trinajstić information content (AvgIpc) is 2.33. The molecule has 18 heavy (non-hydrogen) atoms. The molecule has 0 heterocycles. The maximum Gasteiger partial charge on any atom is 0.306 e. The second-order valence-electron chi connectivity index (χ2n) is 3.85. The van der Waals surface area contributed by atoms with Crippen LogP contribution < -0.4 is 0 Å². The first-order valence-electron chi connectivity index (χ1n) is 5.32. The Kier molecular flexibility index (Phi) is 5.75. The van der Waals surface area contributed by atoms with E-state index in [2.05, 4.69) is 4.74 Å². The number of ether oxygens (including phenoxy) is 1. The van der Waals surface area contributed by atoms with E-state index in [0.717, 1.165) is 0 Å². The number of hydrogen-bond acceptors (Lipinski definition) is 3. The third-order valence-electron chi connectivity index (χ3n) is 2.44. The highest BCUT2D eigenvalue weighted by atomic mass is 35.5. The Morgan fingerprint density at radius 3 is 2.83 bits per heavy atom. The fourth-order valence-electron chi connectivity index (χ4n) is 1.36. The summed E-state index contributed by atoms with van der Waals surface area (Å²) >= 11 is 5.89. The van der Waals surface area contributed by atoms with Gasteiger partial charge in [0.1, 0.15) is 5.82 Å². The third kappa shape index (κ3) is 4.38. The summed E-state index contributed by atoms with van der Waals surface area (Å²) in [6.45, 7) is 1.68. The summed E-state index contributed by atoms with van der Waals surface area (Å²) in [4.78, 5) is 11.1. The summed E-state index contributed by atoms with van der Waals surface area (Å²) in [5, 5.41) is 0.00630. The number of carbonyl (C=O) groups excluding carboxylic acids is 1. The van der Waals surface area contributed by atoms with E-state index in [0.29, 0.717) is 10.6 Å². The Bertz CT molecular complexity index is 465. The van der Waals surface area contributed by atoms with Gasteiger partial charge in [-0.25, -0.2) is 4.39 Å². The Balaban J connectivity index is 2.69. The fourth-order valence-corrected chi connectivity index (χ4v) is 2.78. The van der Waals surface area contributed by atoms with Gasteiger partial charge in [0.15, 0.2) is 0 Å². The topological polar surface area (TPSA) is 43.4 Å². The summed E-state index contributed by atoms with van der Waals surface area (Å²) in [7, 11) is -0.0292. The van der Waals surface area contributed by atoms with Crippen molar-refractivity contribution in [3.8, 4) is 0 Å². The minimum atomic E-state index is -1.31. The van der Waals surface area contributed by atoms with Crippen LogP contribution in [0.5, 0.6) is 0 Å².